The van der Waals surface area contributed by atoms with E-state index in [4.69, 9.17) is 5.73 Å². The van der Waals surface area contributed by atoms with Crippen molar-refractivity contribution in [3.05, 3.63) is 35.4 Å². The topological polar surface area (TPSA) is 29.3 Å². The molecular formula is C15H24N2S. The second-order valence-corrected chi connectivity index (χ2v) is 6.40. The van der Waals surface area contributed by atoms with Crippen molar-refractivity contribution in [3.8, 4) is 0 Å². The van der Waals surface area contributed by atoms with Crippen molar-refractivity contribution in [2.75, 3.05) is 25.1 Å². The zero-order valence-corrected chi connectivity index (χ0v) is 12.2. The van der Waals surface area contributed by atoms with Crippen molar-refractivity contribution in [1.29, 1.82) is 0 Å². The lowest BCUT2D eigenvalue weighted by Crippen LogP contribution is -2.33. The van der Waals surface area contributed by atoms with Crippen molar-refractivity contribution in [2.24, 2.45) is 5.73 Å². The predicted molar refractivity (Wildman–Crippen MR) is 81.1 cm³/mol. The van der Waals surface area contributed by atoms with E-state index in [0.29, 0.717) is 0 Å². The summed E-state index contributed by atoms with van der Waals surface area (Å²) < 4.78 is 0. The molecule has 0 aliphatic carbocycles. The zero-order chi connectivity index (χ0) is 13.0. The van der Waals surface area contributed by atoms with Gasteiger partial charge in [0.25, 0.3) is 0 Å². The molecule has 1 aliphatic rings. The predicted octanol–water partition coefficient (Wildman–Crippen LogP) is 2.82. The highest BCUT2D eigenvalue weighted by Crippen LogP contribution is 2.23. The summed E-state index contributed by atoms with van der Waals surface area (Å²) in [5.41, 5.74) is 8.92. The number of aryl methyl sites for hydroxylation is 1. The van der Waals surface area contributed by atoms with Crippen LogP contribution in [0.2, 0.25) is 0 Å². The van der Waals surface area contributed by atoms with Crippen molar-refractivity contribution in [3.63, 3.8) is 0 Å². The van der Waals surface area contributed by atoms with Crippen LogP contribution in [0.5, 0.6) is 0 Å². The molecule has 3 heteroatoms. The highest BCUT2D eigenvalue weighted by Gasteiger charge is 2.20. The molecule has 0 spiro atoms. The fraction of sp³-hybridized carbons (Fsp3) is 0.600. The molecule has 18 heavy (non-hydrogen) atoms. The van der Waals surface area contributed by atoms with Gasteiger partial charge in [0, 0.05) is 17.8 Å². The minimum Gasteiger partial charge on any atom is -0.324 e. The average molecular weight is 264 g/mol. The molecule has 2 atom stereocenters. The first-order chi connectivity index (χ1) is 8.68. The molecule has 1 aromatic carbocycles. The Morgan fingerprint density at radius 1 is 1.44 bits per heavy atom. The van der Waals surface area contributed by atoms with Gasteiger partial charge in [0.05, 0.1) is 0 Å². The Morgan fingerprint density at radius 3 is 2.89 bits per heavy atom. The molecule has 1 saturated heterocycles. The molecule has 2 nitrogen and oxygen atoms in total. The van der Waals surface area contributed by atoms with Gasteiger partial charge in [0.2, 0.25) is 0 Å². The first kappa shape index (κ1) is 13.9. The fourth-order valence-electron chi connectivity index (χ4n) is 2.55. The van der Waals surface area contributed by atoms with Crippen LogP contribution in [0.1, 0.15) is 30.0 Å². The molecule has 2 unspecified atom stereocenters. The summed E-state index contributed by atoms with van der Waals surface area (Å²) in [5, 5.41) is 0. The highest BCUT2D eigenvalue weighted by atomic mass is 32.2. The van der Waals surface area contributed by atoms with Gasteiger partial charge in [-0.2, -0.15) is 11.8 Å². The maximum atomic E-state index is 6.31. The van der Waals surface area contributed by atoms with Crippen LogP contribution in [0.3, 0.4) is 0 Å². The van der Waals surface area contributed by atoms with Crippen LogP contribution in [0.15, 0.2) is 24.3 Å². The highest BCUT2D eigenvalue weighted by molar-refractivity contribution is 7.99. The van der Waals surface area contributed by atoms with Crippen LogP contribution in [-0.4, -0.2) is 36.0 Å². The lowest BCUT2D eigenvalue weighted by molar-refractivity contribution is 0.253. The minimum absolute atomic E-state index is 0.169. The van der Waals surface area contributed by atoms with Crippen LogP contribution in [0.25, 0.3) is 0 Å². The van der Waals surface area contributed by atoms with Crippen LogP contribution < -0.4 is 5.73 Å². The number of nitrogens with zero attached hydrogens (tertiary/aromatic N) is 1. The minimum atomic E-state index is 0.169. The number of thioether (sulfide) groups is 1. The normalized spacial score (nSPS) is 21.4. The van der Waals surface area contributed by atoms with E-state index in [1.807, 2.05) is 0 Å². The Balaban J connectivity index is 1.84. The summed E-state index contributed by atoms with van der Waals surface area (Å²) in [6.07, 6.45) is 2.38. The lowest BCUT2D eigenvalue weighted by atomic mass is 9.99. The van der Waals surface area contributed by atoms with Gasteiger partial charge in [-0.1, -0.05) is 24.3 Å². The van der Waals surface area contributed by atoms with E-state index in [2.05, 4.69) is 54.9 Å². The van der Waals surface area contributed by atoms with Gasteiger partial charge >= 0.3 is 0 Å². The van der Waals surface area contributed by atoms with Crippen molar-refractivity contribution < 1.29 is 0 Å². The number of benzene rings is 1. The van der Waals surface area contributed by atoms with Crippen molar-refractivity contribution in [1.82, 2.24) is 4.90 Å². The smallest absolute Gasteiger partial charge is 0.0309 e. The third kappa shape index (κ3) is 3.50. The molecule has 0 bridgehead atoms. The quantitative estimate of drug-likeness (QED) is 0.887. The van der Waals surface area contributed by atoms with Crippen LogP contribution in [0, 0.1) is 6.92 Å². The summed E-state index contributed by atoms with van der Waals surface area (Å²) in [7, 11) is 2.24. The molecular weight excluding hydrogens is 240 g/mol. The Kier molecular flexibility index (Phi) is 5.10. The molecule has 0 radical (unpaired) electrons. The number of rotatable bonds is 5. The monoisotopic (exact) mass is 264 g/mol. The van der Waals surface area contributed by atoms with Gasteiger partial charge in [-0.3, -0.25) is 0 Å². The maximum Gasteiger partial charge on any atom is 0.0309 e. The van der Waals surface area contributed by atoms with E-state index in [1.165, 1.54) is 29.1 Å². The second kappa shape index (κ2) is 6.60. The zero-order valence-electron chi connectivity index (χ0n) is 11.4. The summed E-state index contributed by atoms with van der Waals surface area (Å²) in [6, 6.07) is 9.40. The second-order valence-electron chi connectivity index (χ2n) is 5.25. The molecule has 1 aromatic rings. The third-order valence-corrected chi connectivity index (χ3v) is 5.05. The Bertz CT molecular complexity index is 375. The molecule has 2 N–H and O–H groups in total. The van der Waals surface area contributed by atoms with Gasteiger partial charge in [-0.15, -0.1) is 0 Å². The fourth-order valence-corrected chi connectivity index (χ4v) is 3.85. The first-order valence-corrected chi connectivity index (χ1v) is 7.93. The van der Waals surface area contributed by atoms with Gasteiger partial charge in [-0.25, -0.2) is 0 Å². The molecule has 1 heterocycles. The number of nitrogens with two attached hydrogens (primary N) is 1. The van der Waals surface area contributed by atoms with Gasteiger partial charge in [0.1, 0.15) is 0 Å². The van der Waals surface area contributed by atoms with Crippen molar-refractivity contribution in [2.45, 2.75) is 31.8 Å². The van der Waals surface area contributed by atoms with E-state index >= 15 is 0 Å². The standard InChI is InChI=1S/C15H24N2S/c1-12-5-3-4-6-14(12)15(16)7-9-17(2)13-8-10-18-11-13/h3-6,13,15H,7-11,16H2,1-2H3. The molecule has 0 aromatic heterocycles. The van der Waals surface area contributed by atoms with E-state index < -0.39 is 0 Å². The van der Waals surface area contributed by atoms with Crippen LogP contribution >= 0.6 is 11.8 Å². The first-order valence-electron chi connectivity index (χ1n) is 6.77. The summed E-state index contributed by atoms with van der Waals surface area (Å²) in [6.45, 7) is 3.24. The van der Waals surface area contributed by atoms with Gasteiger partial charge < -0.3 is 10.6 Å². The number of hydrogen-bond acceptors (Lipinski definition) is 3. The van der Waals surface area contributed by atoms with Crippen LogP contribution in [-0.2, 0) is 0 Å². The largest absolute Gasteiger partial charge is 0.324 e. The van der Waals surface area contributed by atoms with E-state index in [9.17, 15) is 0 Å². The Labute approximate surface area is 115 Å². The van der Waals surface area contributed by atoms with E-state index in [0.717, 1.165) is 19.0 Å². The molecule has 0 saturated carbocycles. The maximum absolute atomic E-state index is 6.31. The average Bonchev–Trinajstić information content (AvgIpc) is 2.90. The Morgan fingerprint density at radius 2 is 2.22 bits per heavy atom. The third-order valence-electron chi connectivity index (χ3n) is 3.91. The summed E-state index contributed by atoms with van der Waals surface area (Å²) in [4.78, 5) is 2.48. The molecule has 2 rings (SSSR count). The van der Waals surface area contributed by atoms with E-state index in [1.54, 1.807) is 0 Å². The summed E-state index contributed by atoms with van der Waals surface area (Å²) >= 11 is 2.07. The SMILES string of the molecule is Cc1ccccc1C(N)CCN(C)C1CCSC1. The molecule has 1 fully saturated rings. The van der Waals surface area contributed by atoms with E-state index in [-0.39, 0.29) is 6.04 Å². The molecule has 100 valence electrons. The van der Waals surface area contributed by atoms with Crippen LogP contribution in [0.4, 0.5) is 0 Å². The Hall–Kier alpha value is -0.510. The molecule has 0 amide bonds. The lowest BCUT2D eigenvalue weighted by Gasteiger charge is -2.25. The van der Waals surface area contributed by atoms with Crippen molar-refractivity contribution >= 4 is 11.8 Å². The number of hydrogen-bond donors (Lipinski definition) is 1. The summed E-state index contributed by atoms with van der Waals surface area (Å²) in [5.74, 6) is 2.61. The molecule has 1 aliphatic heterocycles. The van der Waals surface area contributed by atoms with Gasteiger partial charge in [-0.05, 0) is 50.2 Å². The van der Waals surface area contributed by atoms with Gasteiger partial charge in [0.15, 0.2) is 0 Å².